The van der Waals surface area contributed by atoms with E-state index in [1.165, 1.54) is 16.7 Å². The lowest BCUT2D eigenvalue weighted by molar-refractivity contribution is -0.123. The van der Waals surface area contributed by atoms with Gasteiger partial charge in [0.25, 0.3) is 0 Å². The van der Waals surface area contributed by atoms with Crippen LogP contribution in [0.4, 0.5) is 0 Å². The van der Waals surface area contributed by atoms with Gasteiger partial charge in [-0.2, -0.15) is 0 Å². The zero-order chi connectivity index (χ0) is 21.5. The molecule has 3 rings (SSSR count). The number of benzene rings is 1. The Hall–Kier alpha value is -1.39. The molecule has 0 saturated carbocycles. The van der Waals surface area contributed by atoms with Crippen molar-refractivity contribution in [1.29, 1.82) is 0 Å². The van der Waals surface area contributed by atoms with Crippen LogP contribution in [-0.4, -0.2) is 74.6 Å². The summed E-state index contributed by atoms with van der Waals surface area (Å²) in [5.41, 5.74) is 9.30. The number of piperidine rings is 1. The summed E-state index contributed by atoms with van der Waals surface area (Å²) < 4.78 is 6.08. The van der Waals surface area contributed by atoms with E-state index in [9.17, 15) is 4.79 Å². The van der Waals surface area contributed by atoms with Gasteiger partial charge in [0, 0.05) is 26.7 Å². The number of guanidine groups is 1. The van der Waals surface area contributed by atoms with E-state index in [4.69, 9.17) is 10.5 Å². The van der Waals surface area contributed by atoms with Crippen molar-refractivity contribution in [3.05, 3.63) is 34.9 Å². The van der Waals surface area contributed by atoms with Crippen LogP contribution in [-0.2, 0) is 9.53 Å². The van der Waals surface area contributed by atoms with E-state index in [1.807, 2.05) is 7.05 Å². The first-order valence-corrected chi connectivity index (χ1v) is 11.1. The second-order valence-corrected chi connectivity index (χ2v) is 8.54. The van der Waals surface area contributed by atoms with Gasteiger partial charge in [-0.1, -0.05) is 23.8 Å². The predicted octanol–water partition coefficient (Wildman–Crippen LogP) is 2.46. The third-order valence-electron chi connectivity index (χ3n) is 6.19. The largest absolute Gasteiger partial charge is 0.370 e. The summed E-state index contributed by atoms with van der Waals surface area (Å²) >= 11 is 0. The molecular formula is C23H38IN5O2. The van der Waals surface area contributed by atoms with Crippen LogP contribution in [0.15, 0.2) is 23.2 Å². The Morgan fingerprint density at radius 3 is 2.81 bits per heavy atom. The highest BCUT2D eigenvalue weighted by atomic mass is 127. The number of aryl methyl sites for hydroxylation is 2. The van der Waals surface area contributed by atoms with Crippen molar-refractivity contribution in [2.75, 3.05) is 52.9 Å². The summed E-state index contributed by atoms with van der Waals surface area (Å²) in [5.74, 6) is 0.778. The molecule has 0 aliphatic carbocycles. The van der Waals surface area contributed by atoms with Crippen molar-refractivity contribution >= 4 is 35.8 Å². The van der Waals surface area contributed by atoms with E-state index in [0.29, 0.717) is 6.61 Å². The Balaban J connectivity index is 0.00000341. The highest BCUT2D eigenvalue weighted by molar-refractivity contribution is 14.0. The minimum absolute atomic E-state index is 0. The molecule has 3 N–H and O–H groups in total. The van der Waals surface area contributed by atoms with Gasteiger partial charge in [0.2, 0.25) is 5.91 Å². The van der Waals surface area contributed by atoms with Crippen LogP contribution in [0.3, 0.4) is 0 Å². The molecule has 31 heavy (non-hydrogen) atoms. The Bertz CT molecular complexity index is 757. The molecule has 0 radical (unpaired) electrons. The van der Waals surface area contributed by atoms with Crippen molar-refractivity contribution in [3.63, 3.8) is 0 Å². The van der Waals surface area contributed by atoms with Crippen LogP contribution in [0.25, 0.3) is 0 Å². The number of hydrogen-bond acceptors (Lipinski definition) is 4. The van der Waals surface area contributed by atoms with Gasteiger partial charge in [0.15, 0.2) is 5.96 Å². The summed E-state index contributed by atoms with van der Waals surface area (Å²) in [5, 5.41) is 3.51. The van der Waals surface area contributed by atoms with Crippen LogP contribution in [0.2, 0.25) is 0 Å². The van der Waals surface area contributed by atoms with Crippen LogP contribution >= 0.6 is 24.0 Å². The first-order chi connectivity index (χ1) is 14.5. The zero-order valence-electron chi connectivity index (χ0n) is 19.1. The molecule has 2 aliphatic heterocycles. The third kappa shape index (κ3) is 7.32. The number of primary amides is 1. The summed E-state index contributed by atoms with van der Waals surface area (Å²) in [7, 11) is 1.84. The maximum atomic E-state index is 11.5. The number of nitrogens with two attached hydrogens (primary N) is 1. The Kier molecular flexibility index (Phi) is 10.5. The molecule has 1 aromatic rings. The summed E-state index contributed by atoms with van der Waals surface area (Å²) in [6.07, 6.45) is 3.05. The quantitative estimate of drug-likeness (QED) is 0.249. The van der Waals surface area contributed by atoms with Crippen LogP contribution in [0, 0.1) is 19.8 Å². The van der Waals surface area contributed by atoms with E-state index in [1.54, 1.807) is 0 Å². The lowest BCUT2D eigenvalue weighted by Gasteiger charge is -2.36. The molecule has 7 nitrogen and oxygen atoms in total. The summed E-state index contributed by atoms with van der Waals surface area (Å²) in [4.78, 5) is 20.6. The molecule has 2 fully saturated rings. The average molecular weight is 543 g/mol. The fourth-order valence-electron chi connectivity index (χ4n) is 4.54. The van der Waals surface area contributed by atoms with Gasteiger partial charge in [-0.3, -0.25) is 9.79 Å². The van der Waals surface area contributed by atoms with Crippen molar-refractivity contribution in [1.82, 2.24) is 15.1 Å². The van der Waals surface area contributed by atoms with E-state index in [0.717, 1.165) is 64.5 Å². The van der Waals surface area contributed by atoms with Gasteiger partial charge in [-0.25, -0.2) is 0 Å². The van der Waals surface area contributed by atoms with Gasteiger partial charge in [0.05, 0.1) is 19.1 Å². The lowest BCUT2D eigenvalue weighted by atomic mass is 9.97. The summed E-state index contributed by atoms with van der Waals surface area (Å²) in [6, 6.07) is 6.56. The molecule has 0 aromatic heterocycles. The average Bonchev–Trinajstić information content (AvgIpc) is 2.74. The number of rotatable bonds is 6. The van der Waals surface area contributed by atoms with E-state index in [2.05, 4.69) is 52.2 Å². The SMILES string of the molecule is CN=C(NCCCN1CCCC(C(N)=O)C1)N1CCOC(c2ccc(C)cc2C)C1.I. The maximum Gasteiger partial charge on any atom is 0.221 e. The molecular weight excluding hydrogens is 505 g/mol. The van der Waals surface area contributed by atoms with Crippen LogP contribution < -0.4 is 11.1 Å². The normalized spacial score (nSPS) is 22.7. The molecule has 174 valence electrons. The van der Waals surface area contributed by atoms with E-state index in [-0.39, 0.29) is 41.9 Å². The number of carbonyl (C=O) groups is 1. The zero-order valence-corrected chi connectivity index (χ0v) is 21.4. The molecule has 2 heterocycles. The van der Waals surface area contributed by atoms with Gasteiger partial charge in [0.1, 0.15) is 6.10 Å². The number of nitrogens with one attached hydrogen (secondary N) is 1. The third-order valence-corrected chi connectivity index (χ3v) is 6.19. The molecule has 0 bridgehead atoms. The molecule has 1 aromatic carbocycles. The highest BCUT2D eigenvalue weighted by Gasteiger charge is 2.26. The topological polar surface area (TPSA) is 83.2 Å². The van der Waals surface area contributed by atoms with Crippen molar-refractivity contribution in [2.45, 2.75) is 39.2 Å². The number of aliphatic imine (C=N–C) groups is 1. The monoisotopic (exact) mass is 543 g/mol. The number of halogens is 1. The number of hydrogen-bond donors (Lipinski definition) is 2. The summed E-state index contributed by atoms with van der Waals surface area (Å²) in [6.45, 7) is 10.3. The standard InChI is InChI=1S/C23H37N5O2.HI/c1-17-7-8-20(18(2)14-17)21-16-28(12-13-30-21)23(25-3)26-9-5-11-27-10-4-6-19(15-27)22(24)29;/h7-8,14,19,21H,4-6,9-13,15-16H2,1-3H3,(H2,24,29)(H,25,26);1H. The number of nitrogens with zero attached hydrogens (tertiary/aromatic N) is 3. The van der Waals surface area contributed by atoms with Crippen LogP contribution in [0.1, 0.15) is 42.1 Å². The molecule has 0 spiro atoms. The smallest absolute Gasteiger partial charge is 0.221 e. The minimum Gasteiger partial charge on any atom is -0.370 e. The van der Waals surface area contributed by atoms with Gasteiger partial charge in [-0.15, -0.1) is 24.0 Å². The van der Waals surface area contributed by atoms with Crippen molar-refractivity contribution in [3.8, 4) is 0 Å². The molecule has 2 aliphatic rings. The maximum absolute atomic E-state index is 11.5. The lowest BCUT2D eigenvalue weighted by Crippen LogP contribution is -2.48. The second kappa shape index (κ2) is 12.6. The Morgan fingerprint density at radius 1 is 1.29 bits per heavy atom. The number of carbonyl (C=O) groups excluding carboxylic acids is 1. The predicted molar refractivity (Wildman–Crippen MR) is 136 cm³/mol. The van der Waals surface area contributed by atoms with Gasteiger partial charge >= 0.3 is 0 Å². The Morgan fingerprint density at radius 2 is 2.10 bits per heavy atom. The van der Waals surface area contributed by atoms with Crippen LogP contribution in [0.5, 0.6) is 0 Å². The minimum atomic E-state index is -0.163. The fourth-order valence-corrected chi connectivity index (χ4v) is 4.54. The fraction of sp³-hybridized carbons (Fsp3) is 0.652. The number of morpholine rings is 1. The van der Waals surface area contributed by atoms with Crippen molar-refractivity contribution in [2.24, 2.45) is 16.6 Å². The Labute approximate surface area is 203 Å². The molecule has 2 atom stereocenters. The highest BCUT2D eigenvalue weighted by Crippen LogP contribution is 2.26. The van der Waals surface area contributed by atoms with Crippen molar-refractivity contribution < 1.29 is 9.53 Å². The van der Waals surface area contributed by atoms with E-state index >= 15 is 0 Å². The number of likely N-dealkylation sites (tertiary alicyclic amines) is 1. The van der Waals surface area contributed by atoms with Gasteiger partial charge in [-0.05, 0) is 57.3 Å². The van der Waals surface area contributed by atoms with E-state index < -0.39 is 0 Å². The first kappa shape index (κ1) is 25.9. The number of amides is 1. The molecule has 2 unspecified atom stereocenters. The van der Waals surface area contributed by atoms with Gasteiger partial charge < -0.3 is 25.6 Å². The first-order valence-electron chi connectivity index (χ1n) is 11.1. The molecule has 8 heteroatoms. The number of ether oxygens (including phenoxy) is 1. The molecule has 2 saturated heterocycles. The second-order valence-electron chi connectivity index (χ2n) is 8.54. The molecule has 1 amide bonds.